The highest BCUT2D eigenvalue weighted by atomic mass is 16.5. The number of ketones is 1. The number of aliphatic hydroxyl groups is 1. The number of likely N-dealkylation sites (tertiary alicyclic amines) is 1. The number of Topliss-reactive ketones (excluding diaryl/α,β-unsaturated/α-hetero) is 1. The summed E-state index contributed by atoms with van der Waals surface area (Å²) in [5.74, 6) is 0.893. The Hall–Kier alpha value is -2.66. The largest absolute Gasteiger partial charge is 0.486 e. The van der Waals surface area contributed by atoms with Crippen LogP contribution >= 0.6 is 0 Å². The Bertz CT molecular complexity index is 876. The summed E-state index contributed by atoms with van der Waals surface area (Å²) in [4.78, 5) is 27.3. The molecule has 2 aliphatic heterocycles. The Labute approximate surface area is 164 Å². The summed E-state index contributed by atoms with van der Waals surface area (Å²) in [6.07, 6.45) is 3.00. The normalized spacial score (nSPS) is 21.8. The minimum Gasteiger partial charge on any atom is -0.486 e. The maximum absolute atomic E-state index is 12.8. The number of rotatable bonds is 3. The minimum absolute atomic E-state index is 0.00425. The molecule has 0 bridgehead atoms. The first kappa shape index (κ1) is 18.7. The van der Waals surface area contributed by atoms with Gasteiger partial charge in [0.05, 0.1) is 25.0 Å². The van der Waals surface area contributed by atoms with E-state index in [9.17, 15) is 9.59 Å². The molecule has 2 aliphatic rings. The van der Waals surface area contributed by atoms with Gasteiger partial charge in [-0.15, -0.1) is 0 Å². The molecule has 2 heterocycles. The highest BCUT2D eigenvalue weighted by molar-refractivity contribution is 6.00. The van der Waals surface area contributed by atoms with Crippen LogP contribution in [0.2, 0.25) is 0 Å². The lowest BCUT2D eigenvalue weighted by atomic mass is 9.84. The molecule has 0 radical (unpaired) electrons. The van der Waals surface area contributed by atoms with Crippen molar-refractivity contribution in [3.05, 3.63) is 65.2 Å². The number of hydrogen-bond acceptors (Lipinski definition) is 4. The molecule has 4 rings (SSSR count). The fourth-order valence-corrected chi connectivity index (χ4v) is 4.19. The van der Waals surface area contributed by atoms with Crippen molar-refractivity contribution in [1.82, 2.24) is 4.90 Å². The average molecular weight is 379 g/mol. The molecular formula is C23H25NO4. The van der Waals surface area contributed by atoms with Crippen molar-refractivity contribution in [2.45, 2.75) is 44.3 Å². The van der Waals surface area contributed by atoms with Gasteiger partial charge in [-0.1, -0.05) is 36.4 Å². The Morgan fingerprint density at radius 1 is 1.04 bits per heavy atom. The molecule has 0 aromatic heterocycles. The van der Waals surface area contributed by atoms with Crippen molar-refractivity contribution in [2.24, 2.45) is 0 Å². The van der Waals surface area contributed by atoms with Crippen molar-refractivity contribution in [1.29, 1.82) is 0 Å². The molecule has 1 spiro atoms. The van der Waals surface area contributed by atoms with Crippen LogP contribution in [-0.2, 0) is 17.8 Å². The first-order valence-corrected chi connectivity index (χ1v) is 9.86. The van der Waals surface area contributed by atoms with Gasteiger partial charge in [-0.3, -0.25) is 9.59 Å². The average Bonchev–Trinajstić information content (AvgIpc) is 2.91. The number of nitrogens with zero attached hydrogens (tertiary/aromatic N) is 1. The molecule has 28 heavy (non-hydrogen) atoms. The molecule has 1 saturated heterocycles. The lowest BCUT2D eigenvalue weighted by molar-refractivity contribution is -0.130. The van der Waals surface area contributed by atoms with E-state index in [2.05, 4.69) is 0 Å². The highest BCUT2D eigenvalue weighted by Crippen LogP contribution is 2.39. The Kier molecular flexibility index (Phi) is 5.18. The lowest BCUT2D eigenvalue weighted by Gasteiger charge is -2.37. The second kappa shape index (κ2) is 7.76. The van der Waals surface area contributed by atoms with Crippen LogP contribution in [0.5, 0.6) is 5.75 Å². The number of carbonyl (C=O) groups is 2. The summed E-state index contributed by atoms with van der Waals surface area (Å²) in [6, 6.07) is 14.9. The van der Waals surface area contributed by atoms with Gasteiger partial charge in [-0.05, 0) is 36.1 Å². The highest BCUT2D eigenvalue weighted by Gasteiger charge is 2.41. The topological polar surface area (TPSA) is 66.8 Å². The predicted molar refractivity (Wildman–Crippen MR) is 105 cm³/mol. The molecule has 5 heteroatoms. The maximum atomic E-state index is 12.8. The number of aliphatic hydroxyl groups excluding tert-OH is 1. The molecule has 1 fully saturated rings. The van der Waals surface area contributed by atoms with Gasteiger partial charge < -0.3 is 14.7 Å². The van der Waals surface area contributed by atoms with Crippen molar-refractivity contribution >= 4 is 11.7 Å². The molecule has 1 atom stereocenters. The van der Waals surface area contributed by atoms with Gasteiger partial charge >= 0.3 is 0 Å². The number of ether oxygens (including phenoxy) is 1. The molecular weight excluding hydrogens is 354 g/mol. The number of amides is 1. The molecule has 0 aliphatic carbocycles. The van der Waals surface area contributed by atoms with E-state index in [1.807, 2.05) is 53.4 Å². The number of para-hydroxylation sites is 1. The van der Waals surface area contributed by atoms with Crippen molar-refractivity contribution in [3.63, 3.8) is 0 Å². The third kappa shape index (κ3) is 3.80. The molecule has 2 aromatic rings. The van der Waals surface area contributed by atoms with E-state index < -0.39 is 5.60 Å². The summed E-state index contributed by atoms with van der Waals surface area (Å²) in [5, 5.41) is 9.14. The molecule has 1 amide bonds. The van der Waals surface area contributed by atoms with E-state index in [-0.39, 0.29) is 18.3 Å². The standard InChI is InChI=1S/C23H25NO4/c25-16-18-8-6-17(7-9-18)14-22(27)24-12-3-10-23(11-13-24)15-20(26)19-4-1-2-5-21(19)28-23/h1-2,4-9,25H,3,10-16H2. The van der Waals surface area contributed by atoms with Gasteiger partial charge in [0.15, 0.2) is 5.78 Å². The number of benzene rings is 2. The second-order valence-corrected chi connectivity index (χ2v) is 7.77. The zero-order chi connectivity index (χ0) is 19.6. The van der Waals surface area contributed by atoms with Crippen LogP contribution in [0, 0.1) is 0 Å². The van der Waals surface area contributed by atoms with Crippen molar-refractivity contribution in [2.75, 3.05) is 13.1 Å². The van der Waals surface area contributed by atoms with Gasteiger partial charge in [-0.25, -0.2) is 0 Å². The van der Waals surface area contributed by atoms with Crippen LogP contribution in [0.4, 0.5) is 0 Å². The first-order chi connectivity index (χ1) is 13.6. The van der Waals surface area contributed by atoms with Crippen molar-refractivity contribution < 1.29 is 19.4 Å². The summed E-state index contributed by atoms with van der Waals surface area (Å²) >= 11 is 0. The van der Waals surface area contributed by atoms with E-state index in [1.165, 1.54) is 0 Å². The van der Waals surface area contributed by atoms with Crippen molar-refractivity contribution in [3.8, 4) is 5.75 Å². The monoisotopic (exact) mass is 379 g/mol. The molecule has 0 saturated carbocycles. The summed E-state index contributed by atoms with van der Waals surface area (Å²) in [5.41, 5.74) is 1.95. The van der Waals surface area contributed by atoms with Crippen LogP contribution in [0.15, 0.2) is 48.5 Å². The predicted octanol–water partition coefficient (Wildman–Crippen LogP) is 3.14. The molecule has 146 valence electrons. The van der Waals surface area contributed by atoms with E-state index in [0.29, 0.717) is 43.7 Å². The molecule has 5 nitrogen and oxygen atoms in total. The summed E-state index contributed by atoms with van der Waals surface area (Å²) in [6.45, 7) is 1.29. The van der Waals surface area contributed by atoms with E-state index in [0.717, 1.165) is 24.0 Å². The van der Waals surface area contributed by atoms with Crippen LogP contribution in [0.25, 0.3) is 0 Å². The van der Waals surface area contributed by atoms with Gasteiger partial charge in [0, 0.05) is 19.5 Å². The minimum atomic E-state index is -0.497. The summed E-state index contributed by atoms with van der Waals surface area (Å²) < 4.78 is 6.30. The number of carbonyl (C=O) groups excluding carboxylic acids is 2. The quantitative estimate of drug-likeness (QED) is 0.890. The summed E-state index contributed by atoms with van der Waals surface area (Å²) in [7, 11) is 0. The zero-order valence-corrected chi connectivity index (χ0v) is 15.9. The van der Waals surface area contributed by atoms with Crippen LogP contribution < -0.4 is 4.74 Å². The SMILES string of the molecule is O=C1CC2(CCCN(C(=O)Cc3ccc(CO)cc3)CC2)Oc2ccccc21. The molecule has 1 unspecified atom stereocenters. The van der Waals surface area contributed by atoms with Gasteiger partial charge in [-0.2, -0.15) is 0 Å². The maximum Gasteiger partial charge on any atom is 0.226 e. The number of fused-ring (bicyclic) bond motifs is 1. The van der Waals surface area contributed by atoms with Gasteiger partial charge in [0.2, 0.25) is 5.91 Å². The second-order valence-electron chi connectivity index (χ2n) is 7.77. The van der Waals surface area contributed by atoms with E-state index in [4.69, 9.17) is 9.84 Å². The smallest absolute Gasteiger partial charge is 0.226 e. The fourth-order valence-electron chi connectivity index (χ4n) is 4.19. The Balaban J connectivity index is 1.42. The molecule has 2 aromatic carbocycles. The van der Waals surface area contributed by atoms with Crippen LogP contribution in [0.1, 0.15) is 47.2 Å². The third-order valence-electron chi connectivity index (χ3n) is 5.81. The number of hydrogen-bond donors (Lipinski definition) is 1. The van der Waals surface area contributed by atoms with E-state index in [1.54, 1.807) is 0 Å². The Morgan fingerprint density at radius 3 is 2.57 bits per heavy atom. The zero-order valence-electron chi connectivity index (χ0n) is 15.9. The van der Waals surface area contributed by atoms with E-state index >= 15 is 0 Å². The van der Waals surface area contributed by atoms with Gasteiger partial charge in [0.1, 0.15) is 11.4 Å². The van der Waals surface area contributed by atoms with Gasteiger partial charge in [0.25, 0.3) is 0 Å². The fraction of sp³-hybridized carbons (Fsp3) is 0.391. The lowest BCUT2D eigenvalue weighted by Crippen LogP contribution is -2.43. The Morgan fingerprint density at radius 2 is 1.79 bits per heavy atom. The first-order valence-electron chi connectivity index (χ1n) is 9.86. The third-order valence-corrected chi connectivity index (χ3v) is 5.81. The molecule has 1 N–H and O–H groups in total. The van der Waals surface area contributed by atoms with Crippen LogP contribution in [-0.4, -0.2) is 40.4 Å². The van der Waals surface area contributed by atoms with Crippen LogP contribution in [0.3, 0.4) is 0 Å².